The number of methoxy groups -OCH3 is 2. The zero-order valence-electron chi connectivity index (χ0n) is 15.7. The number of carbonyl (C=O) groups is 1. The summed E-state index contributed by atoms with van der Waals surface area (Å²) in [6.07, 6.45) is 0.747. The summed E-state index contributed by atoms with van der Waals surface area (Å²) >= 11 is 0. The molecule has 5 nitrogen and oxygen atoms in total. The Morgan fingerprint density at radius 1 is 1.15 bits per heavy atom. The van der Waals surface area contributed by atoms with Gasteiger partial charge in [-0.3, -0.25) is 0 Å². The van der Waals surface area contributed by atoms with Crippen LogP contribution in [0.1, 0.15) is 37.5 Å². The van der Waals surface area contributed by atoms with Crippen molar-refractivity contribution in [2.75, 3.05) is 14.2 Å². The van der Waals surface area contributed by atoms with Crippen molar-refractivity contribution < 1.29 is 19.0 Å². The van der Waals surface area contributed by atoms with E-state index < -0.39 is 6.09 Å². The number of amides is 1. The molecule has 5 heteroatoms. The van der Waals surface area contributed by atoms with Gasteiger partial charge < -0.3 is 19.9 Å². The molecule has 0 fully saturated rings. The fourth-order valence-electron chi connectivity index (χ4n) is 3.71. The van der Waals surface area contributed by atoms with Gasteiger partial charge in [-0.25, -0.2) is 4.79 Å². The molecule has 26 heavy (non-hydrogen) atoms. The Balaban J connectivity index is 2.07. The molecule has 0 radical (unpaired) electrons. The SMILES string of the molecule is COc1cccc(-c2ccc3c(c2)CCC(C)(C)C3OC(N)=O)c1OC. The third kappa shape index (κ3) is 3.21. The maximum atomic E-state index is 11.4. The van der Waals surface area contributed by atoms with Crippen LogP contribution >= 0.6 is 0 Å². The van der Waals surface area contributed by atoms with Gasteiger partial charge in [0.2, 0.25) is 0 Å². The molecule has 0 heterocycles. The average molecular weight is 355 g/mol. The van der Waals surface area contributed by atoms with Gasteiger partial charge in [0.1, 0.15) is 6.10 Å². The Morgan fingerprint density at radius 2 is 1.92 bits per heavy atom. The van der Waals surface area contributed by atoms with Crippen LogP contribution in [0.3, 0.4) is 0 Å². The molecule has 0 aliphatic heterocycles. The molecule has 2 aromatic carbocycles. The zero-order chi connectivity index (χ0) is 18.9. The number of rotatable bonds is 4. The summed E-state index contributed by atoms with van der Waals surface area (Å²) in [5.41, 5.74) is 9.33. The van der Waals surface area contributed by atoms with Crippen molar-refractivity contribution >= 4 is 6.09 Å². The van der Waals surface area contributed by atoms with Crippen LogP contribution < -0.4 is 15.2 Å². The normalized spacial score (nSPS) is 17.9. The molecule has 2 N–H and O–H groups in total. The van der Waals surface area contributed by atoms with Gasteiger partial charge in [-0.05, 0) is 35.6 Å². The minimum absolute atomic E-state index is 0.156. The van der Waals surface area contributed by atoms with Gasteiger partial charge in [0.15, 0.2) is 11.5 Å². The second-order valence-corrected chi connectivity index (χ2v) is 7.26. The van der Waals surface area contributed by atoms with Crippen LogP contribution in [-0.2, 0) is 11.2 Å². The predicted molar refractivity (Wildman–Crippen MR) is 100 cm³/mol. The summed E-state index contributed by atoms with van der Waals surface area (Å²) in [7, 11) is 3.27. The molecule has 2 aromatic rings. The molecule has 0 spiro atoms. The number of fused-ring (bicyclic) bond motifs is 1. The largest absolute Gasteiger partial charge is 0.493 e. The molecule has 3 rings (SSSR count). The van der Waals surface area contributed by atoms with E-state index in [-0.39, 0.29) is 11.5 Å². The maximum absolute atomic E-state index is 11.4. The van der Waals surface area contributed by atoms with Gasteiger partial charge in [0.05, 0.1) is 14.2 Å². The lowest BCUT2D eigenvalue weighted by molar-refractivity contribution is 0.0147. The number of ether oxygens (including phenoxy) is 3. The minimum Gasteiger partial charge on any atom is -0.493 e. The summed E-state index contributed by atoms with van der Waals surface area (Å²) < 4.78 is 16.4. The van der Waals surface area contributed by atoms with Crippen LogP contribution in [0.2, 0.25) is 0 Å². The van der Waals surface area contributed by atoms with E-state index in [1.165, 1.54) is 0 Å². The first-order valence-electron chi connectivity index (χ1n) is 8.67. The molecular formula is C21H25NO4. The molecule has 0 saturated carbocycles. The fourth-order valence-corrected chi connectivity index (χ4v) is 3.71. The van der Waals surface area contributed by atoms with Gasteiger partial charge >= 0.3 is 6.09 Å². The van der Waals surface area contributed by atoms with E-state index in [2.05, 4.69) is 19.9 Å². The Bertz CT molecular complexity index is 829. The first-order chi connectivity index (χ1) is 12.4. The van der Waals surface area contributed by atoms with Crippen molar-refractivity contribution in [2.24, 2.45) is 11.1 Å². The predicted octanol–water partition coefficient (Wildman–Crippen LogP) is 4.48. The summed E-state index contributed by atoms with van der Waals surface area (Å²) in [4.78, 5) is 11.4. The number of para-hydroxylation sites is 1. The average Bonchev–Trinajstić information content (AvgIpc) is 2.62. The van der Waals surface area contributed by atoms with Crippen LogP contribution in [0.4, 0.5) is 4.79 Å². The topological polar surface area (TPSA) is 70.8 Å². The van der Waals surface area contributed by atoms with Crippen LogP contribution in [0.25, 0.3) is 11.1 Å². The second-order valence-electron chi connectivity index (χ2n) is 7.26. The Hall–Kier alpha value is -2.69. The molecule has 0 bridgehead atoms. The number of primary amides is 1. The standard InChI is InChI=1S/C21H25NO4/c1-21(2)11-10-14-12-13(8-9-16(14)19(21)26-20(22)23)15-6-5-7-17(24-3)18(15)25-4/h5-9,12,19H,10-11H2,1-4H3,(H2,22,23). The highest BCUT2D eigenvalue weighted by Crippen LogP contribution is 2.47. The van der Waals surface area contributed by atoms with Crippen molar-refractivity contribution in [1.29, 1.82) is 0 Å². The summed E-state index contributed by atoms with van der Waals surface area (Å²) in [6.45, 7) is 4.20. The summed E-state index contributed by atoms with van der Waals surface area (Å²) in [6, 6.07) is 12.0. The highest BCUT2D eigenvalue weighted by Gasteiger charge is 2.38. The molecule has 1 aliphatic carbocycles. The molecule has 138 valence electrons. The maximum Gasteiger partial charge on any atom is 0.405 e. The van der Waals surface area contributed by atoms with Gasteiger partial charge in [0, 0.05) is 11.0 Å². The minimum atomic E-state index is -0.741. The smallest absolute Gasteiger partial charge is 0.405 e. The van der Waals surface area contributed by atoms with Crippen molar-refractivity contribution in [3.05, 3.63) is 47.5 Å². The quantitative estimate of drug-likeness (QED) is 0.878. The van der Waals surface area contributed by atoms with Crippen LogP contribution in [0, 0.1) is 5.41 Å². The number of hydrogen-bond donors (Lipinski definition) is 1. The zero-order valence-corrected chi connectivity index (χ0v) is 15.7. The highest BCUT2D eigenvalue weighted by molar-refractivity contribution is 5.75. The van der Waals surface area contributed by atoms with Crippen LogP contribution in [-0.4, -0.2) is 20.3 Å². The van der Waals surface area contributed by atoms with Crippen LogP contribution in [0.15, 0.2) is 36.4 Å². The molecule has 1 unspecified atom stereocenters. The van der Waals surface area contributed by atoms with Gasteiger partial charge in [-0.2, -0.15) is 0 Å². The van der Waals surface area contributed by atoms with Crippen molar-refractivity contribution in [2.45, 2.75) is 32.8 Å². The molecule has 1 aliphatic rings. The third-order valence-electron chi connectivity index (χ3n) is 5.12. The van der Waals surface area contributed by atoms with Crippen molar-refractivity contribution in [3.63, 3.8) is 0 Å². The van der Waals surface area contributed by atoms with E-state index in [0.29, 0.717) is 11.5 Å². The Kier molecular flexibility index (Phi) is 4.81. The first-order valence-corrected chi connectivity index (χ1v) is 8.67. The summed E-state index contributed by atoms with van der Waals surface area (Å²) in [5.74, 6) is 1.40. The van der Waals surface area contributed by atoms with Gasteiger partial charge in [-0.1, -0.05) is 44.2 Å². The number of aryl methyl sites for hydroxylation is 1. The van der Waals surface area contributed by atoms with E-state index in [9.17, 15) is 4.79 Å². The van der Waals surface area contributed by atoms with Gasteiger partial charge in [-0.15, -0.1) is 0 Å². The first kappa shape index (κ1) is 18.1. The molecule has 0 aromatic heterocycles. The lowest BCUT2D eigenvalue weighted by atomic mass is 9.71. The lowest BCUT2D eigenvalue weighted by Crippen LogP contribution is -2.33. The van der Waals surface area contributed by atoms with E-state index in [0.717, 1.165) is 35.1 Å². The molecule has 0 saturated heterocycles. The fraction of sp³-hybridized carbons (Fsp3) is 0.381. The van der Waals surface area contributed by atoms with Crippen molar-refractivity contribution in [3.8, 4) is 22.6 Å². The van der Waals surface area contributed by atoms with E-state index in [4.69, 9.17) is 19.9 Å². The number of hydrogen-bond acceptors (Lipinski definition) is 4. The summed E-state index contributed by atoms with van der Waals surface area (Å²) in [5, 5.41) is 0. The molecular weight excluding hydrogens is 330 g/mol. The Morgan fingerprint density at radius 3 is 2.58 bits per heavy atom. The van der Waals surface area contributed by atoms with Crippen LogP contribution in [0.5, 0.6) is 11.5 Å². The van der Waals surface area contributed by atoms with E-state index in [1.54, 1.807) is 14.2 Å². The lowest BCUT2D eigenvalue weighted by Gasteiger charge is -2.39. The third-order valence-corrected chi connectivity index (χ3v) is 5.12. The highest BCUT2D eigenvalue weighted by atomic mass is 16.6. The van der Waals surface area contributed by atoms with E-state index in [1.807, 2.05) is 30.3 Å². The van der Waals surface area contributed by atoms with E-state index >= 15 is 0 Å². The monoisotopic (exact) mass is 355 g/mol. The number of nitrogens with two attached hydrogens (primary N) is 1. The number of benzene rings is 2. The van der Waals surface area contributed by atoms with Crippen molar-refractivity contribution in [1.82, 2.24) is 0 Å². The Labute approximate surface area is 154 Å². The molecule has 1 atom stereocenters. The second kappa shape index (κ2) is 6.90. The molecule has 1 amide bonds. The number of carbonyl (C=O) groups excluding carboxylic acids is 1. The van der Waals surface area contributed by atoms with Gasteiger partial charge in [0.25, 0.3) is 0 Å².